The average Bonchev–Trinajstić information content (AvgIpc) is 2.48. The maximum absolute atomic E-state index is 11.7. The second-order valence-corrected chi connectivity index (χ2v) is 5.21. The Morgan fingerprint density at radius 1 is 1.14 bits per heavy atom. The number of ether oxygens (including phenoxy) is 1. The molecule has 2 aromatic heterocycles. The third kappa shape index (κ3) is 4.56. The van der Waals surface area contributed by atoms with Gasteiger partial charge in [0.15, 0.2) is 12.4 Å². The SMILES string of the molecule is O=C(COC(=O)c1ccc(Cl)nc1)Nc1ncc(Cl)cc1Cl. The molecule has 114 valence electrons. The molecule has 2 heterocycles. The highest BCUT2D eigenvalue weighted by atomic mass is 35.5. The topological polar surface area (TPSA) is 81.2 Å². The van der Waals surface area contributed by atoms with Crippen molar-refractivity contribution < 1.29 is 14.3 Å². The van der Waals surface area contributed by atoms with Crippen LogP contribution in [0.5, 0.6) is 0 Å². The van der Waals surface area contributed by atoms with Crippen LogP contribution in [-0.4, -0.2) is 28.5 Å². The summed E-state index contributed by atoms with van der Waals surface area (Å²) in [6, 6.07) is 4.31. The van der Waals surface area contributed by atoms with E-state index in [0.29, 0.717) is 5.02 Å². The molecule has 0 aromatic carbocycles. The summed E-state index contributed by atoms with van der Waals surface area (Å²) in [6.45, 7) is -0.498. The van der Waals surface area contributed by atoms with E-state index < -0.39 is 18.5 Å². The lowest BCUT2D eigenvalue weighted by Crippen LogP contribution is -2.21. The minimum absolute atomic E-state index is 0.125. The predicted molar refractivity (Wildman–Crippen MR) is 82.4 cm³/mol. The van der Waals surface area contributed by atoms with Crippen molar-refractivity contribution in [2.45, 2.75) is 0 Å². The maximum Gasteiger partial charge on any atom is 0.340 e. The monoisotopic (exact) mass is 359 g/mol. The van der Waals surface area contributed by atoms with Crippen molar-refractivity contribution in [1.82, 2.24) is 9.97 Å². The second kappa shape index (κ2) is 7.40. The number of esters is 1. The number of halogens is 3. The van der Waals surface area contributed by atoms with Crippen LogP contribution < -0.4 is 5.32 Å². The van der Waals surface area contributed by atoms with Crippen molar-refractivity contribution in [2.24, 2.45) is 0 Å². The number of anilines is 1. The Hall–Kier alpha value is -1.89. The molecule has 0 atom stereocenters. The Labute approximate surface area is 140 Å². The lowest BCUT2D eigenvalue weighted by Gasteiger charge is -2.07. The van der Waals surface area contributed by atoms with E-state index in [1.807, 2.05) is 0 Å². The molecule has 2 rings (SSSR count). The molecule has 0 fully saturated rings. The third-order valence-corrected chi connectivity index (χ3v) is 3.08. The number of amides is 1. The summed E-state index contributed by atoms with van der Waals surface area (Å²) in [4.78, 5) is 31.0. The number of aromatic nitrogens is 2. The molecule has 0 aliphatic rings. The molecular formula is C13H8Cl3N3O3. The molecule has 0 spiro atoms. The Morgan fingerprint density at radius 3 is 2.55 bits per heavy atom. The van der Waals surface area contributed by atoms with Gasteiger partial charge in [-0.2, -0.15) is 0 Å². The molecule has 1 N–H and O–H groups in total. The van der Waals surface area contributed by atoms with Crippen molar-refractivity contribution in [3.05, 3.63) is 51.4 Å². The van der Waals surface area contributed by atoms with E-state index >= 15 is 0 Å². The van der Waals surface area contributed by atoms with Crippen LogP contribution in [0.3, 0.4) is 0 Å². The average molecular weight is 361 g/mol. The fraction of sp³-hybridized carbons (Fsp3) is 0.0769. The molecule has 2 aromatic rings. The summed E-state index contributed by atoms with van der Waals surface area (Å²) in [5.74, 6) is -1.17. The molecular weight excluding hydrogens is 353 g/mol. The minimum Gasteiger partial charge on any atom is -0.452 e. The van der Waals surface area contributed by atoms with Gasteiger partial charge in [0.2, 0.25) is 0 Å². The first-order valence-electron chi connectivity index (χ1n) is 5.85. The maximum atomic E-state index is 11.7. The quantitative estimate of drug-likeness (QED) is 0.669. The molecule has 0 aliphatic carbocycles. The zero-order valence-electron chi connectivity index (χ0n) is 10.8. The standard InChI is InChI=1S/C13H8Cl3N3O3/c14-8-3-9(15)12(18-5-8)19-11(20)6-22-13(21)7-1-2-10(16)17-4-7/h1-5H,6H2,(H,18,19,20). The van der Waals surface area contributed by atoms with Gasteiger partial charge in [0.1, 0.15) is 5.15 Å². The van der Waals surface area contributed by atoms with Crippen LogP contribution in [0.4, 0.5) is 5.82 Å². The first kappa shape index (κ1) is 16.5. The minimum atomic E-state index is -0.700. The molecule has 0 saturated heterocycles. The van der Waals surface area contributed by atoms with Crippen molar-refractivity contribution in [3.63, 3.8) is 0 Å². The Morgan fingerprint density at radius 2 is 1.91 bits per heavy atom. The van der Waals surface area contributed by atoms with E-state index in [-0.39, 0.29) is 21.6 Å². The van der Waals surface area contributed by atoms with Crippen LogP contribution in [0.15, 0.2) is 30.6 Å². The van der Waals surface area contributed by atoms with Crippen LogP contribution in [0.2, 0.25) is 15.2 Å². The van der Waals surface area contributed by atoms with Gasteiger partial charge in [0.05, 0.1) is 15.6 Å². The van der Waals surface area contributed by atoms with Gasteiger partial charge in [-0.25, -0.2) is 14.8 Å². The van der Waals surface area contributed by atoms with Crippen LogP contribution in [-0.2, 0) is 9.53 Å². The number of nitrogens with zero attached hydrogens (tertiary/aromatic N) is 2. The van der Waals surface area contributed by atoms with Gasteiger partial charge in [-0.05, 0) is 18.2 Å². The lowest BCUT2D eigenvalue weighted by atomic mass is 10.3. The molecule has 0 aliphatic heterocycles. The van der Waals surface area contributed by atoms with Gasteiger partial charge in [-0.1, -0.05) is 34.8 Å². The Kier molecular flexibility index (Phi) is 5.54. The fourth-order valence-corrected chi connectivity index (χ4v) is 1.92. The molecule has 9 heteroatoms. The number of carbonyl (C=O) groups is 2. The Bertz CT molecular complexity index is 707. The summed E-state index contributed by atoms with van der Waals surface area (Å²) in [6.07, 6.45) is 2.58. The molecule has 0 unspecified atom stereocenters. The van der Waals surface area contributed by atoms with E-state index in [4.69, 9.17) is 39.5 Å². The van der Waals surface area contributed by atoms with Gasteiger partial charge in [-0.3, -0.25) is 4.79 Å². The predicted octanol–water partition coefficient (Wildman–Crippen LogP) is 3.23. The Balaban J connectivity index is 1.89. The summed E-state index contributed by atoms with van der Waals surface area (Å²) in [7, 11) is 0. The van der Waals surface area contributed by atoms with Gasteiger partial charge >= 0.3 is 5.97 Å². The van der Waals surface area contributed by atoms with Crippen LogP contribution in [0.1, 0.15) is 10.4 Å². The van der Waals surface area contributed by atoms with Crippen LogP contribution >= 0.6 is 34.8 Å². The first-order valence-corrected chi connectivity index (χ1v) is 6.98. The summed E-state index contributed by atoms with van der Waals surface area (Å²) >= 11 is 17.2. The fourth-order valence-electron chi connectivity index (χ4n) is 1.39. The molecule has 0 saturated carbocycles. The van der Waals surface area contributed by atoms with Crippen molar-refractivity contribution in [1.29, 1.82) is 0 Å². The lowest BCUT2D eigenvalue weighted by molar-refractivity contribution is -0.119. The van der Waals surface area contributed by atoms with E-state index in [9.17, 15) is 9.59 Å². The number of hydrogen-bond donors (Lipinski definition) is 1. The zero-order valence-corrected chi connectivity index (χ0v) is 13.1. The largest absolute Gasteiger partial charge is 0.452 e. The summed E-state index contributed by atoms with van der Waals surface area (Å²) in [5.41, 5.74) is 0.180. The van der Waals surface area contributed by atoms with E-state index in [2.05, 4.69) is 15.3 Å². The molecule has 1 amide bonds. The first-order chi connectivity index (χ1) is 10.5. The van der Waals surface area contributed by atoms with E-state index in [1.165, 1.54) is 30.6 Å². The third-order valence-electron chi connectivity index (χ3n) is 2.36. The smallest absolute Gasteiger partial charge is 0.340 e. The van der Waals surface area contributed by atoms with Crippen molar-refractivity contribution in [2.75, 3.05) is 11.9 Å². The van der Waals surface area contributed by atoms with Crippen LogP contribution in [0.25, 0.3) is 0 Å². The molecule has 0 bridgehead atoms. The highest BCUT2D eigenvalue weighted by Gasteiger charge is 2.12. The van der Waals surface area contributed by atoms with Gasteiger partial charge in [-0.15, -0.1) is 0 Å². The van der Waals surface area contributed by atoms with E-state index in [0.717, 1.165) is 0 Å². The molecule has 22 heavy (non-hydrogen) atoms. The summed E-state index contributed by atoms with van der Waals surface area (Å²) < 4.78 is 4.83. The van der Waals surface area contributed by atoms with Crippen molar-refractivity contribution >= 4 is 52.5 Å². The highest BCUT2D eigenvalue weighted by molar-refractivity contribution is 6.36. The van der Waals surface area contributed by atoms with Crippen LogP contribution in [0, 0.1) is 0 Å². The van der Waals surface area contributed by atoms with Gasteiger partial charge in [0.25, 0.3) is 5.91 Å². The molecule has 0 radical (unpaired) electrons. The van der Waals surface area contributed by atoms with Gasteiger partial charge < -0.3 is 10.1 Å². The number of hydrogen-bond acceptors (Lipinski definition) is 5. The number of carbonyl (C=O) groups excluding carboxylic acids is 2. The normalized spacial score (nSPS) is 10.1. The number of nitrogens with one attached hydrogen (secondary N) is 1. The number of pyridine rings is 2. The second-order valence-electron chi connectivity index (χ2n) is 3.98. The van der Waals surface area contributed by atoms with Crippen molar-refractivity contribution in [3.8, 4) is 0 Å². The van der Waals surface area contributed by atoms with E-state index in [1.54, 1.807) is 0 Å². The number of rotatable bonds is 4. The highest BCUT2D eigenvalue weighted by Crippen LogP contribution is 2.22. The summed E-state index contributed by atoms with van der Waals surface area (Å²) in [5, 5.41) is 3.16. The van der Waals surface area contributed by atoms with Gasteiger partial charge in [0, 0.05) is 12.4 Å². The zero-order chi connectivity index (χ0) is 16.1. The molecule has 6 nitrogen and oxygen atoms in total.